The van der Waals surface area contributed by atoms with E-state index in [9.17, 15) is 9.59 Å². The first-order valence-corrected chi connectivity index (χ1v) is 7.09. The molecule has 4 N–H and O–H groups in total. The van der Waals surface area contributed by atoms with Crippen molar-refractivity contribution in [2.75, 3.05) is 38.2 Å². The number of aliphatic hydroxyl groups excluding tert-OH is 1. The highest BCUT2D eigenvalue weighted by Crippen LogP contribution is 2.25. The third-order valence-corrected chi connectivity index (χ3v) is 3.32. The van der Waals surface area contributed by atoms with Crippen molar-refractivity contribution in [3.63, 3.8) is 0 Å². The summed E-state index contributed by atoms with van der Waals surface area (Å²) in [4.78, 5) is 34.5. The van der Waals surface area contributed by atoms with Crippen molar-refractivity contribution in [1.82, 2.24) is 15.3 Å². The van der Waals surface area contributed by atoms with Gasteiger partial charge in [0.1, 0.15) is 5.82 Å². The summed E-state index contributed by atoms with van der Waals surface area (Å²) in [6.07, 6.45) is 2.53. The van der Waals surface area contributed by atoms with Gasteiger partial charge in [0.15, 0.2) is 5.69 Å². The zero-order valence-corrected chi connectivity index (χ0v) is 12.1. The summed E-state index contributed by atoms with van der Waals surface area (Å²) in [5, 5.41) is 11.8. The molecule has 1 aromatic rings. The first-order chi connectivity index (χ1) is 10.2. The van der Waals surface area contributed by atoms with Crippen molar-refractivity contribution in [3.05, 3.63) is 20.8 Å². The molecular weight excluding hydrogens is 274 g/mol. The number of anilines is 1. The van der Waals surface area contributed by atoms with E-state index in [0.717, 1.165) is 25.0 Å². The maximum absolute atomic E-state index is 11.9. The van der Waals surface area contributed by atoms with Crippen LogP contribution >= 0.6 is 0 Å². The first-order valence-electron chi connectivity index (χ1n) is 7.09. The normalized spacial score (nSPS) is 14.0. The molecule has 8 nitrogen and oxygen atoms in total. The largest absolute Gasteiger partial charge is 0.396 e. The fourth-order valence-electron chi connectivity index (χ4n) is 2.37. The molecule has 0 radical (unpaired) electrons. The second kappa shape index (κ2) is 7.19. The van der Waals surface area contributed by atoms with E-state index in [1.165, 1.54) is 0 Å². The minimum Gasteiger partial charge on any atom is -0.396 e. The molecule has 0 amide bonds. The van der Waals surface area contributed by atoms with Crippen LogP contribution in [0.25, 0.3) is 0 Å². The van der Waals surface area contributed by atoms with Crippen LogP contribution in [0.15, 0.2) is 14.6 Å². The fraction of sp³-hybridized carbons (Fsp3) is 0.615. The van der Waals surface area contributed by atoms with E-state index >= 15 is 0 Å². The SMILES string of the molecule is CNCC1=Nc2c([nH]c(=O)[nH]c2=O)N(CCCCCO)C1. The number of unbranched alkanes of at least 4 members (excludes halogenated alkanes) is 2. The molecule has 1 aromatic heterocycles. The topological polar surface area (TPSA) is 114 Å². The van der Waals surface area contributed by atoms with Gasteiger partial charge in [0.2, 0.25) is 0 Å². The quantitative estimate of drug-likeness (QED) is 0.499. The van der Waals surface area contributed by atoms with E-state index in [1.54, 1.807) is 0 Å². The van der Waals surface area contributed by atoms with Crippen LogP contribution in [0.5, 0.6) is 0 Å². The van der Waals surface area contributed by atoms with Crippen molar-refractivity contribution in [1.29, 1.82) is 0 Å². The van der Waals surface area contributed by atoms with Crippen molar-refractivity contribution in [2.45, 2.75) is 19.3 Å². The van der Waals surface area contributed by atoms with E-state index in [0.29, 0.717) is 25.5 Å². The van der Waals surface area contributed by atoms with Gasteiger partial charge in [-0.2, -0.15) is 0 Å². The van der Waals surface area contributed by atoms with Crippen LogP contribution < -0.4 is 21.5 Å². The Morgan fingerprint density at radius 3 is 2.81 bits per heavy atom. The summed E-state index contributed by atoms with van der Waals surface area (Å²) in [5.74, 6) is 0.479. The molecule has 1 aliphatic heterocycles. The summed E-state index contributed by atoms with van der Waals surface area (Å²) in [6, 6.07) is 0. The van der Waals surface area contributed by atoms with Crippen LogP contribution in [0.2, 0.25) is 0 Å². The second-order valence-electron chi connectivity index (χ2n) is 5.02. The van der Waals surface area contributed by atoms with Crippen LogP contribution in [0.1, 0.15) is 19.3 Å². The van der Waals surface area contributed by atoms with Crippen LogP contribution in [-0.4, -0.2) is 54.1 Å². The van der Waals surface area contributed by atoms with E-state index < -0.39 is 11.2 Å². The number of aromatic amines is 2. The number of fused-ring (bicyclic) bond motifs is 1. The van der Waals surface area contributed by atoms with Gasteiger partial charge in [-0.25, -0.2) is 9.79 Å². The number of aliphatic hydroxyl groups is 1. The lowest BCUT2D eigenvalue weighted by Gasteiger charge is -2.29. The van der Waals surface area contributed by atoms with E-state index in [-0.39, 0.29) is 12.3 Å². The molecule has 21 heavy (non-hydrogen) atoms. The summed E-state index contributed by atoms with van der Waals surface area (Å²) in [6.45, 7) is 2.05. The number of H-pyrrole nitrogens is 2. The monoisotopic (exact) mass is 295 g/mol. The van der Waals surface area contributed by atoms with Crippen LogP contribution in [0, 0.1) is 0 Å². The maximum Gasteiger partial charge on any atom is 0.327 e. The van der Waals surface area contributed by atoms with Gasteiger partial charge in [-0.15, -0.1) is 0 Å². The Morgan fingerprint density at radius 1 is 1.29 bits per heavy atom. The Hall–Kier alpha value is -1.93. The molecule has 116 valence electrons. The number of aromatic nitrogens is 2. The lowest BCUT2D eigenvalue weighted by Crippen LogP contribution is -2.40. The minimum atomic E-state index is -0.522. The number of nitrogens with one attached hydrogen (secondary N) is 3. The smallest absolute Gasteiger partial charge is 0.327 e. The van der Waals surface area contributed by atoms with Crippen molar-refractivity contribution in [3.8, 4) is 0 Å². The molecular formula is C13H21N5O3. The summed E-state index contributed by atoms with van der Waals surface area (Å²) < 4.78 is 0. The molecule has 0 aliphatic carbocycles. The molecule has 8 heteroatoms. The predicted molar refractivity (Wildman–Crippen MR) is 81.9 cm³/mol. The molecule has 0 bridgehead atoms. The Balaban J connectivity index is 2.25. The number of aliphatic imine (C=N–C) groups is 1. The highest BCUT2D eigenvalue weighted by molar-refractivity contribution is 5.96. The minimum absolute atomic E-state index is 0.180. The predicted octanol–water partition coefficient (Wildman–Crippen LogP) is -0.662. The van der Waals surface area contributed by atoms with Crippen LogP contribution in [-0.2, 0) is 0 Å². The van der Waals surface area contributed by atoms with Crippen molar-refractivity contribution < 1.29 is 5.11 Å². The van der Waals surface area contributed by atoms with Crippen molar-refractivity contribution >= 4 is 17.2 Å². The Labute approximate surface area is 121 Å². The molecule has 2 rings (SSSR count). The molecule has 0 fully saturated rings. The fourth-order valence-corrected chi connectivity index (χ4v) is 2.37. The summed E-state index contributed by atoms with van der Waals surface area (Å²) >= 11 is 0. The molecule has 0 spiro atoms. The van der Waals surface area contributed by atoms with Crippen LogP contribution in [0.4, 0.5) is 11.5 Å². The van der Waals surface area contributed by atoms with Gasteiger partial charge in [0.05, 0.1) is 12.3 Å². The molecule has 1 aliphatic rings. The number of hydrogen-bond acceptors (Lipinski definition) is 6. The number of hydrogen-bond donors (Lipinski definition) is 4. The average molecular weight is 295 g/mol. The van der Waals surface area contributed by atoms with E-state index in [1.807, 2.05) is 11.9 Å². The van der Waals surface area contributed by atoms with Crippen molar-refractivity contribution in [2.24, 2.45) is 4.99 Å². The molecule has 0 saturated heterocycles. The Bertz CT molecular complexity index is 619. The summed E-state index contributed by atoms with van der Waals surface area (Å²) in [5.41, 5.74) is 0.117. The van der Waals surface area contributed by atoms with Gasteiger partial charge < -0.3 is 15.3 Å². The third kappa shape index (κ3) is 3.79. The zero-order chi connectivity index (χ0) is 15.2. The lowest BCUT2D eigenvalue weighted by molar-refractivity contribution is 0.283. The molecule has 0 aromatic carbocycles. The van der Waals surface area contributed by atoms with Gasteiger partial charge in [-0.1, -0.05) is 0 Å². The average Bonchev–Trinajstić information content (AvgIpc) is 2.45. The van der Waals surface area contributed by atoms with Gasteiger partial charge in [0, 0.05) is 19.7 Å². The zero-order valence-electron chi connectivity index (χ0n) is 12.1. The molecule has 0 saturated carbocycles. The van der Waals surface area contributed by atoms with E-state index in [2.05, 4.69) is 20.3 Å². The highest BCUT2D eigenvalue weighted by Gasteiger charge is 2.22. The first kappa shape index (κ1) is 15.5. The van der Waals surface area contributed by atoms with Crippen LogP contribution in [0.3, 0.4) is 0 Å². The number of rotatable bonds is 7. The van der Waals surface area contributed by atoms with Gasteiger partial charge in [-0.05, 0) is 26.3 Å². The van der Waals surface area contributed by atoms with Gasteiger partial charge >= 0.3 is 5.69 Å². The number of nitrogens with zero attached hydrogens (tertiary/aromatic N) is 2. The lowest BCUT2D eigenvalue weighted by atomic mass is 10.2. The molecule has 0 atom stereocenters. The Kier molecular flexibility index (Phi) is 5.29. The van der Waals surface area contributed by atoms with E-state index in [4.69, 9.17) is 5.11 Å². The molecule has 2 heterocycles. The molecule has 0 unspecified atom stereocenters. The third-order valence-electron chi connectivity index (χ3n) is 3.32. The van der Waals surface area contributed by atoms with Gasteiger partial charge in [-0.3, -0.25) is 14.8 Å². The second-order valence-corrected chi connectivity index (χ2v) is 5.02. The standard InChI is InChI=1S/C13H21N5O3/c1-14-7-9-8-18(5-3-2-4-6-19)11-10(15-9)12(20)17-13(21)16-11/h14,19H,2-8H2,1H3,(H2,16,17,20,21). The van der Waals surface area contributed by atoms with Gasteiger partial charge in [0.25, 0.3) is 5.56 Å². The summed E-state index contributed by atoms with van der Waals surface area (Å²) in [7, 11) is 1.82. The Morgan fingerprint density at radius 2 is 2.10 bits per heavy atom. The highest BCUT2D eigenvalue weighted by atomic mass is 16.3. The maximum atomic E-state index is 11.9.